The van der Waals surface area contributed by atoms with Gasteiger partial charge in [-0.2, -0.15) is 5.10 Å². The Morgan fingerprint density at radius 3 is 2.96 bits per heavy atom. The Morgan fingerprint density at radius 2 is 2.24 bits per heavy atom. The lowest BCUT2D eigenvalue weighted by Gasteiger charge is -2.27. The van der Waals surface area contributed by atoms with Gasteiger partial charge in [-0.25, -0.2) is 14.4 Å². The SMILES string of the molecule is CN(Cc1nc(C2CC2)n[nH]1)C[C@@H]1C[C@H](F)CN1Cc1nccn1C. The van der Waals surface area contributed by atoms with Crippen molar-refractivity contribution in [2.45, 2.75) is 50.5 Å². The molecule has 136 valence electrons. The van der Waals surface area contributed by atoms with E-state index in [1.807, 2.05) is 17.8 Å². The molecule has 1 N–H and O–H groups in total. The van der Waals surface area contributed by atoms with Crippen molar-refractivity contribution in [3.63, 3.8) is 0 Å². The van der Waals surface area contributed by atoms with Crippen molar-refractivity contribution < 1.29 is 4.39 Å². The van der Waals surface area contributed by atoms with Crippen LogP contribution in [0.25, 0.3) is 0 Å². The minimum atomic E-state index is -0.759. The van der Waals surface area contributed by atoms with Gasteiger partial charge in [0.25, 0.3) is 0 Å². The zero-order valence-corrected chi connectivity index (χ0v) is 14.9. The third-order valence-electron chi connectivity index (χ3n) is 5.18. The number of aromatic nitrogens is 5. The van der Waals surface area contributed by atoms with Gasteiger partial charge in [0.15, 0.2) is 5.82 Å². The summed E-state index contributed by atoms with van der Waals surface area (Å²) in [6.07, 6.45) is 5.95. The second kappa shape index (κ2) is 6.84. The largest absolute Gasteiger partial charge is 0.337 e. The molecule has 3 heterocycles. The summed E-state index contributed by atoms with van der Waals surface area (Å²) in [7, 11) is 4.04. The van der Waals surface area contributed by atoms with Crippen molar-refractivity contribution in [3.8, 4) is 0 Å². The fourth-order valence-corrected chi connectivity index (χ4v) is 3.62. The fourth-order valence-electron chi connectivity index (χ4n) is 3.62. The van der Waals surface area contributed by atoms with Crippen LogP contribution in [0, 0.1) is 0 Å². The molecule has 2 aliphatic rings. The van der Waals surface area contributed by atoms with Crippen LogP contribution < -0.4 is 0 Å². The summed E-state index contributed by atoms with van der Waals surface area (Å²) in [5.74, 6) is 3.39. The molecule has 1 aliphatic carbocycles. The number of aryl methyl sites for hydroxylation is 1. The minimum Gasteiger partial charge on any atom is -0.337 e. The summed E-state index contributed by atoms with van der Waals surface area (Å²) in [5.41, 5.74) is 0. The van der Waals surface area contributed by atoms with Gasteiger partial charge in [0.1, 0.15) is 17.8 Å². The Bertz CT molecular complexity index is 707. The van der Waals surface area contributed by atoms with Gasteiger partial charge in [0, 0.05) is 44.5 Å². The number of halogens is 1. The van der Waals surface area contributed by atoms with Gasteiger partial charge in [0.05, 0.1) is 13.1 Å². The van der Waals surface area contributed by atoms with E-state index in [1.54, 1.807) is 6.20 Å². The molecule has 25 heavy (non-hydrogen) atoms. The molecule has 0 bridgehead atoms. The Labute approximate surface area is 147 Å². The number of hydrogen-bond acceptors (Lipinski definition) is 5. The molecule has 2 atom stereocenters. The molecule has 1 saturated heterocycles. The molecule has 0 amide bonds. The summed E-state index contributed by atoms with van der Waals surface area (Å²) in [6.45, 7) is 2.70. The number of rotatable bonds is 7. The van der Waals surface area contributed by atoms with E-state index in [1.165, 1.54) is 12.8 Å². The average molecular weight is 347 g/mol. The van der Waals surface area contributed by atoms with Gasteiger partial charge >= 0.3 is 0 Å². The van der Waals surface area contributed by atoms with Crippen LogP contribution in [-0.4, -0.2) is 66.9 Å². The average Bonchev–Trinajstić information content (AvgIpc) is 3.03. The predicted molar refractivity (Wildman–Crippen MR) is 91.6 cm³/mol. The van der Waals surface area contributed by atoms with Crippen molar-refractivity contribution in [3.05, 3.63) is 29.9 Å². The number of imidazole rings is 1. The van der Waals surface area contributed by atoms with Gasteiger partial charge < -0.3 is 4.57 Å². The third-order valence-corrected chi connectivity index (χ3v) is 5.18. The summed E-state index contributed by atoms with van der Waals surface area (Å²) in [4.78, 5) is 13.4. The maximum Gasteiger partial charge on any atom is 0.153 e. The number of nitrogens with zero attached hydrogens (tertiary/aromatic N) is 6. The van der Waals surface area contributed by atoms with Crippen LogP contribution in [0.15, 0.2) is 12.4 Å². The highest BCUT2D eigenvalue weighted by molar-refractivity contribution is 5.05. The first-order valence-electron chi connectivity index (χ1n) is 9.02. The Hall–Kier alpha value is -1.80. The van der Waals surface area contributed by atoms with E-state index in [0.717, 1.165) is 24.0 Å². The highest BCUT2D eigenvalue weighted by Crippen LogP contribution is 2.37. The van der Waals surface area contributed by atoms with Crippen molar-refractivity contribution in [2.75, 3.05) is 20.1 Å². The van der Waals surface area contributed by atoms with Crippen LogP contribution in [0.2, 0.25) is 0 Å². The zero-order chi connectivity index (χ0) is 17.4. The van der Waals surface area contributed by atoms with Gasteiger partial charge in [-0.05, 0) is 26.3 Å². The standard InChI is InChI=1S/C17H26FN7/c1-23(10-15-20-17(22-21-15)12-3-4-12)9-14-7-13(18)8-25(14)11-16-19-5-6-24(16)2/h5-6,12-14H,3-4,7-11H2,1-2H3,(H,20,21,22)/t13-,14-/m0/s1. The maximum atomic E-state index is 14.0. The van der Waals surface area contributed by atoms with Crippen LogP contribution in [0.5, 0.6) is 0 Å². The van der Waals surface area contributed by atoms with E-state index in [4.69, 9.17) is 0 Å². The van der Waals surface area contributed by atoms with E-state index in [-0.39, 0.29) is 6.04 Å². The third kappa shape index (κ3) is 3.90. The first kappa shape index (κ1) is 16.7. The number of likely N-dealkylation sites (N-methyl/N-ethyl adjacent to an activating group) is 1. The van der Waals surface area contributed by atoms with Crippen LogP contribution in [-0.2, 0) is 20.1 Å². The van der Waals surface area contributed by atoms with Gasteiger partial charge in [0.2, 0.25) is 0 Å². The molecule has 8 heteroatoms. The van der Waals surface area contributed by atoms with E-state index in [0.29, 0.717) is 32.0 Å². The fraction of sp³-hybridized carbons (Fsp3) is 0.706. The topological polar surface area (TPSA) is 65.9 Å². The van der Waals surface area contributed by atoms with Crippen LogP contribution in [0.4, 0.5) is 4.39 Å². The second-order valence-corrected chi connectivity index (χ2v) is 7.48. The van der Waals surface area contributed by atoms with Crippen molar-refractivity contribution in [2.24, 2.45) is 7.05 Å². The number of likely N-dealkylation sites (tertiary alicyclic amines) is 1. The van der Waals surface area contributed by atoms with Crippen molar-refractivity contribution in [1.29, 1.82) is 0 Å². The van der Waals surface area contributed by atoms with E-state index in [2.05, 4.69) is 37.0 Å². The monoisotopic (exact) mass is 347 g/mol. The van der Waals surface area contributed by atoms with Gasteiger partial charge in [-0.1, -0.05) is 0 Å². The summed E-state index contributed by atoms with van der Waals surface area (Å²) in [5, 5.41) is 7.35. The quantitative estimate of drug-likeness (QED) is 0.821. The predicted octanol–water partition coefficient (Wildman–Crippen LogP) is 1.46. The van der Waals surface area contributed by atoms with Crippen molar-refractivity contribution >= 4 is 0 Å². The minimum absolute atomic E-state index is 0.197. The number of hydrogen-bond donors (Lipinski definition) is 1. The molecule has 2 aromatic heterocycles. The zero-order valence-electron chi connectivity index (χ0n) is 14.9. The second-order valence-electron chi connectivity index (χ2n) is 7.48. The lowest BCUT2D eigenvalue weighted by Crippen LogP contribution is -2.38. The molecule has 7 nitrogen and oxygen atoms in total. The highest BCUT2D eigenvalue weighted by atomic mass is 19.1. The lowest BCUT2D eigenvalue weighted by molar-refractivity contribution is 0.174. The molecular formula is C17H26FN7. The van der Waals surface area contributed by atoms with Crippen LogP contribution in [0.3, 0.4) is 0 Å². The lowest BCUT2D eigenvalue weighted by atomic mass is 10.2. The molecular weight excluding hydrogens is 321 g/mol. The number of aromatic amines is 1. The molecule has 0 aromatic carbocycles. The van der Waals surface area contributed by atoms with E-state index in [9.17, 15) is 4.39 Å². The van der Waals surface area contributed by atoms with Gasteiger partial charge in [-0.3, -0.25) is 14.9 Å². The summed E-state index contributed by atoms with van der Waals surface area (Å²) >= 11 is 0. The summed E-state index contributed by atoms with van der Waals surface area (Å²) < 4.78 is 16.0. The molecule has 2 aromatic rings. The van der Waals surface area contributed by atoms with Crippen LogP contribution >= 0.6 is 0 Å². The molecule has 0 spiro atoms. The molecule has 0 radical (unpaired) electrons. The molecule has 2 fully saturated rings. The van der Waals surface area contributed by atoms with E-state index < -0.39 is 6.17 Å². The first-order chi connectivity index (χ1) is 12.1. The molecule has 4 rings (SSSR count). The highest BCUT2D eigenvalue weighted by Gasteiger charge is 2.33. The van der Waals surface area contributed by atoms with E-state index >= 15 is 0 Å². The summed E-state index contributed by atoms with van der Waals surface area (Å²) in [6, 6.07) is 0.197. The maximum absolute atomic E-state index is 14.0. The van der Waals surface area contributed by atoms with Crippen LogP contribution in [0.1, 0.15) is 42.7 Å². The first-order valence-corrected chi connectivity index (χ1v) is 9.02. The number of nitrogens with one attached hydrogen (secondary N) is 1. The smallest absolute Gasteiger partial charge is 0.153 e. The molecule has 1 saturated carbocycles. The molecule has 0 unspecified atom stereocenters. The van der Waals surface area contributed by atoms with Crippen molar-refractivity contribution in [1.82, 2.24) is 34.5 Å². The molecule has 1 aliphatic heterocycles. The van der Waals surface area contributed by atoms with Gasteiger partial charge in [-0.15, -0.1) is 0 Å². The number of H-pyrrole nitrogens is 1. The Kier molecular flexibility index (Phi) is 4.56. The number of alkyl halides is 1. The Morgan fingerprint density at radius 1 is 1.40 bits per heavy atom. The Balaban J connectivity index is 1.34. The normalized spacial score (nSPS) is 24.5.